The van der Waals surface area contributed by atoms with Crippen molar-refractivity contribution < 1.29 is 8.42 Å². The number of hydrogen-bond acceptors (Lipinski definition) is 3. The third kappa shape index (κ3) is 4.32. The van der Waals surface area contributed by atoms with Gasteiger partial charge in [0.15, 0.2) is 5.03 Å². The number of aromatic nitrogens is 1. The molecule has 0 saturated carbocycles. The van der Waals surface area contributed by atoms with Gasteiger partial charge in [0.2, 0.25) is 0 Å². The molecule has 1 aromatic carbocycles. The standard InChI is InChI=1S/C17H21BrN2O2S/c1-4-14-5-8-16(9-6-14)20(12-13(2)3)23(21,22)17-10-7-15(18)11-19-17/h5-11,13H,4,12H2,1-3H3. The maximum absolute atomic E-state index is 13.0. The molecule has 0 spiro atoms. The molecule has 0 atom stereocenters. The predicted molar refractivity (Wildman–Crippen MR) is 97.1 cm³/mol. The monoisotopic (exact) mass is 396 g/mol. The van der Waals surface area contributed by atoms with Crippen LogP contribution >= 0.6 is 15.9 Å². The van der Waals surface area contributed by atoms with Crippen LogP contribution in [0.2, 0.25) is 0 Å². The fourth-order valence-corrected chi connectivity index (χ4v) is 3.98. The van der Waals surface area contributed by atoms with Gasteiger partial charge >= 0.3 is 0 Å². The highest BCUT2D eigenvalue weighted by atomic mass is 79.9. The normalized spacial score (nSPS) is 11.7. The molecule has 0 aliphatic carbocycles. The number of hydrogen-bond donors (Lipinski definition) is 0. The molecule has 0 bridgehead atoms. The molecule has 0 radical (unpaired) electrons. The zero-order valence-corrected chi connectivity index (χ0v) is 15.9. The summed E-state index contributed by atoms with van der Waals surface area (Å²) in [4.78, 5) is 4.06. The Kier molecular flexibility index (Phi) is 5.81. The van der Waals surface area contributed by atoms with Gasteiger partial charge in [0, 0.05) is 17.2 Å². The van der Waals surface area contributed by atoms with E-state index in [2.05, 4.69) is 27.8 Å². The fourth-order valence-electron chi connectivity index (χ4n) is 2.20. The van der Waals surface area contributed by atoms with Gasteiger partial charge in [0.05, 0.1) is 5.69 Å². The van der Waals surface area contributed by atoms with Crippen LogP contribution in [0.15, 0.2) is 52.1 Å². The van der Waals surface area contributed by atoms with Crippen molar-refractivity contribution >= 4 is 31.6 Å². The molecule has 4 nitrogen and oxygen atoms in total. The molecular formula is C17H21BrN2O2S. The van der Waals surface area contributed by atoms with Crippen molar-refractivity contribution in [2.24, 2.45) is 5.92 Å². The van der Waals surface area contributed by atoms with E-state index in [-0.39, 0.29) is 10.9 Å². The second kappa shape index (κ2) is 7.45. The van der Waals surface area contributed by atoms with Crippen molar-refractivity contribution in [1.82, 2.24) is 4.98 Å². The Morgan fingerprint density at radius 2 is 1.78 bits per heavy atom. The van der Waals surface area contributed by atoms with E-state index < -0.39 is 10.0 Å². The van der Waals surface area contributed by atoms with Crippen molar-refractivity contribution in [2.75, 3.05) is 10.8 Å². The maximum atomic E-state index is 13.0. The molecule has 0 unspecified atom stereocenters. The first-order valence-corrected chi connectivity index (χ1v) is 9.81. The molecule has 0 aliphatic heterocycles. The van der Waals surface area contributed by atoms with Crippen LogP contribution in [-0.2, 0) is 16.4 Å². The van der Waals surface area contributed by atoms with Crippen LogP contribution in [0.4, 0.5) is 5.69 Å². The highest BCUT2D eigenvalue weighted by Gasteiger charge is 2.26. The molecule has 23 heavy (non-hydrogen) atoms. The third-order valence-corrected chi connectivity index (χ3v) is 5.60. The first-order valence-electron chi connectivity index (χ1n) is 7.57. The molecule has 0 saturated heterocycles. The SMILES string of the molecule is CCc1ccc(N(CC(C)C)S(=O)(=O)c2ccc(Br)cn2)cc1. The number of sulfonamides is 1. The number of rotatable bonds is 6. The van der Waals surface area contributed by atoms with Gasteiger partial charge < -0.3 is 0 Å². The fraction of sp³-hybridized carbons (Fsp3) is 0.353. The Morgan fingerprint density at radius 3 is 2.26 bits per heavy atom. The summed E-state index contributed by atoms with van der Waals surface area (Å²) in [5.41, 5.74) is 1.85. The Morgan fingerprint density at radius 1 is 1.13 bits per heavy atom. The minimum Gasteiger partial charge on any atom is -0.265 e. The van der Waals surface area contributed by atoms with E-state index in [0.29, 0.717) is 12.2 Å². The van der Waals surface area contributed by atoms with Gasteiger partial charge in [-0.15, -0.1) is 0 Å². The lowest BCUT2D eigenvalue weighted by molar-refractivity contribution is 0.574. The molecule has 2 rings (SSSR count). The van der Waals surface area contributed by atoms with E-state index >= 15 is 0 Å². The van der Waals surface area contributed by atoms with Crippen molar-refractivity contribution in [3.8, 4) is 0 Å². The highest BCUT2D eigenvalue weighted by molar-refractivity contribution is 9.10. The number of aryl methyl sites for hydroxylation is 1. The summed E-state index contributed by atoms with van der Waals surface area (Å²) >= 11 is 3.28. The van der Waals surface area contributed by atoms with E-state index in [1.54, 1.807) is 6.07 Å². The molecule has 124 valence electrons. The Balaban J connectivity index is 2.46. The van der Waals surface area contributed by atoms with Gasteiger partial charge in [-0.25, -0.2) is 4.98 Å². The molecule has 0 N–H and O–H groups in total. The minimum atomic E-state index is -3.68. The van der Waals surface area contributed by atoms with Crippen molar-refractivity contribution in [3.05, 3.63) is 52.6 Å². The van der Waals surface area contributed by atoms with Crippen LogP contribution < -0.4 is 4.31 Å². The van der Waals surface area contributed by atoms with Crippen molar-refractivity contribution in [1.29, 1.82) is 0 Å². The lowest BCUT2D eigenvalue weighted by Crippen LogP contribution is -2.34. The average molecular weight is 397 g/mol. The van der Waals surface area contributed by atoms with Crippen LogP contribution in [0.5, 0.6) is 0 Å². The molecule has 2 aromatic rings. The van der Waals surface area contributed by atoms with Gasteiger partial charge in [-0.2, -0.15) is 8.42 Å². The van der Waals surface area contributed by atoms with Gasteiger partial charge in [0.1, 0.15) is 0 Å². The van der Waals surface area contributed by atoms with Gasteiger partial charge in [-0.05, 0) is 58.1 Å². The molecule has 0 amide bonds. The van der Waals surface area contributed by atoms with Crippen molar-refractivity contribution in [3.63, 3.8) is 0 Å². The quantitative estimate of drug-likeness (QED) is 0.732. The van der Waals surface area contributed by atoms with Crippen LogP contribution in [0.1, 0.15) is 26.3 Å². The number of anilines is 1. The number of benzene rings is 1. The van der Waals surface area contributed by atoms with Gasteiger partial charge in [0.25, 0.3) is 10.0 Å². The molecular weight excluding hydrogens is 376 g/mol. The summed E-state index contributed by atoms with van der Waals surface area (Å²) in [6.45, 7) is 6.48. The van der Waals surface area contributed by atoms with E-state index in [9.17, 15) is 8.42 Å². The van der Waals surface area contributed by atoms with E-state index in [1.165, 1.54) is 22.1 Å². The van der Waals surface area contributed by atoms with Gasteiger partial charge in [-0.1, -0.05) is 32.9 Å². The topological polar surface area (TPSA) is 50.3 Å². The van der Waals surface area contributed by atoms with E-state index in [1.807, 2.05) is 38.1 Å². The second-order valence-corrected chi connectivity index (χ2v) is 8.49. The lowest BCUT2D eigenvalue weighted by atomic mass is 10.1. The molecule has 0 aliphatic rings. The summed E-state index contributed by atoms with van der Waals surface area (Å²) in [6.07, 6.45) is 2.42. The van der Waals surface area contributed by atoms with Gasteiger partial charge in [-0.3, -0.25) is 4.31 Å². The average Bonchev–Trinajstić information content (AvgIpc) is 2.53. The largest absolute Gasteiger partial charge is 0.281 e. The van der Waals surface area contributed by atoms with Crippen LogP contribution in [-0.4, -0.2) is 19.9 Å². The summed E-state index contributed by atoms with van der Waals surface area (Å²) in [7, 11) is -3.68. The Bertz CT molecular complexity index is 741. The summed E-state index contributed by atoms with van der Waals surface area (Å²) in [6, 6.07) is 10.9. The number of nitrogens with zero attached hydrogens (tertiary/aromatic N) is 2. The predicted octanol–water partition coefficient (Wildman–Crippen LogP) is 4.26. The molecule has 6 heteroatoms. The zero-order chi connectivity index (χ0) is 17.0. The summed E-state index contributed by atoms with van der Waals surface area (Å²) in [5.74, 6) is 0.200. The Hall–Kier alpha value is -1.40. The second-order valence-electron chi connectivity index (χ2n) is 5.76. The minimum absolute atomic E-state index is 0.0564. The smallest absolute Gasteiger partial charge is 0.265 e. The summed E-state index contributed by atoms with van der Waals surface area (Å²) in [5, 5.41) is 0.0564. The molecule has 1 aromatic heterocycles. The first kappa shape index (κ1) is 17.9. The molecule has 1 heterocycles. The number of pyridine rings is 1. The van der Waals surface area contributed by atoms with E-state index in [0.717, 1.165) is 10.9 Å². The van der Waals surface area contributed by atoms with Crippen molar-refractivity contribution in [2.45, 2.75) is 32.2 Å². The van der Waals surface area contributed by atoms with Crippen LogP contribution in [0.3, 0.4) is 0 Å². The third-order valence-electron chi connectivity index (χ3n) is 3.42. The van der Waals surface area contributed by atoms with Crippen LogP contribution in [0.25, 0.3) is 0 Å². The summed E-state index contributed by atoms with van der Waals surface area (Å²) < 4.78 is 28.2. The highest BCUT2D eigenvalue weighted by Crippen LogP contribution is 2.25. The number of halogens is 1. The zero-order valence-electron chi connectivity index (χ0n) is 13.5. The Labute approximate surface area is 146 Å². The first-order chi connectivity index (χ1) is 10.8. The van der Waals surface area contributed by atoms with E-state index in [4.69, 9.17) is 0 Å². The van der Waals surface area contributed by atoms with Crippen LogP contribution in [0, 0.1) is 5.92 Å². The maximum Gasteiger partial charge on any atom is 0.281 e. The molecule has 0 fully saturated rings. The lowest BCUT2D eigenvalue weighted by Gasteiger charge is -2.26.